The van der Waals surface area contributed by atoms with Crippen molar-refractivity contribution in [3.05, 3.63) is 0 Å². The van der Waals surface area contributed by atoms with Gasteiger partial charge in [-0.25, -0.2) is 0 Å². The summed E-state index contributed by atoms with van der Waals surface area (Å²) >= 11 is 0. The Morgan fingerprint density at radius 1 is 1.79 bits per heavy atom. The van der Waals surface area contributed by atoms with Crippen molar-refractivity contribution in [3.63, 3.8) is 0 Å². The Morgan fingerprint density at radius 2 is 2.50 bits per heavy atom. The van der Waals surface area contributed by atoms with Crippen molar-refractivity contribution in [1.82, 2.24) is 4.90 Å². The third-order valence-electron chi connectivity index (χ3n) is 2.73. The molecule has 1 heterocycles. The summed E-state index contributed by atoms with van der Waals surface area (Å²) in [5, 5.41) is 0. The van der Waals surface area contributed by atoms with Crippen molar-refractivity contribution >= 4 is 12.2 Å². The third-order valence-corrected chi connectivity index (χ3v) is 2.73. The maximum Gasteiger partial charge on any atom is 0.210 e. The summed E-state index contributed by atoms with van der Waals surface area (Å²) in [5.74, 6) is 0.615. The molecular weight excluding hydrogens is 178 g/mol. The molecule has 2 atom stereocenters. The first-order chi connectivity index (χ1) is 6.69. The number of hydrogen-bond donors (Lipinski definition) is 1. The molecule has 0 radical (unpaired) electrons. The lowest BCUT2D eigenvalue weighted by Gasteiger charge is -2.20. The van der Waals surface area contributed by atoms with Crippen LogP contribution in [0.1, 0.15) is 33.1 Å². The van der Waals surface area contributed by atoms with Crippen molar-refractivity contribution in [2.24, 2.45) is 10.7 Å². The zero-order chi connectivity index (χ0) is 10.6. The topological polar surface area (TPSA) is 58.7 Å². The van der Waals surface area contributed by atoms with E-state index in [2.05, 4.69) is 11.9 Å². The van der Waals surface area contributed by atoms with Crippen LogP contribution in [-0.2, 0) is 4.79 Å². The van der Waals surface area contributed by atoms with Crippen molar-refractivity contribution < 1.29 is 4.79 Å². The fourth-order valence-corrected chi connectivity index (χ4v) is 1.66. The smallest absolute Gasteiger partial charge is 0.210 e. The first kappa shape index (κ1) is 11.0. The van der Waals surface area contributed by atoms with Crippen LogP contribution < -0.4 is 5.73 Å². The predicted molar refractivity (Wildman–Crippen MR) is 57.2 cm³/mol. The zero-order valence-electron chi connectivity index (χ0n) is 8.94. The molecule has 4 nitrogen and oxygen atoms in total. The normalized spacial score (nSPS) is 25.1. The molecule has 4 heteroatoms. The zero-order valence-corrected chi connectivity index (χ0v) is 8.94. The van der Waals surface area contributed by atoms with E-state index in [1.165, 1.54) is 0 Å². The summed E-state index contributed by atoms with van der Waals surface area (Å²) in [6, 6.07) is 0.297. The molecule has 1 aliphatic rings. The number of amides is 1. The van der Waals surface area contributed by atoms with E-state index in [1.807, 2.05) is 6.92 Å². The highest BCUT2D eigenvalue weighted by atomic mass is 16.1. The van der Waals surface area contributed by atoms with E-state index in [0.29, 0.717) is 5.84 Å². The van der Waals surface area contributed by atoms with E-state index in [0.717, 1.165) is 32.2 Å². The minimum Gasteiger partial charge on any atom is -0.386 e. The molecule has 0 aromatic rings. The maximum atomic E-state index is 10.7. The highest BCUT2D eigenvalue weighted by Gasteiger charge is 2.26. The molecule has 0 aromatic carbocycles. The molecule has 1 fully saturated rings. The van der Waals surface area contributed by atoms with Crippen molar-refractivity contribution in [2.45, 2.75) is 45.2 Å². The van der Waals surface area contributed by atoms with Crippen molar-refractivity contribution in [3.8, 4) is 0 Å². The van der Waals surface area contributed by atoms with E-state index in [9.17, 15) is 4.79 Å². The Bertz CT molecular complexity index is 227. The molecule has 0 saturated carbocycles. The highest BCUT2D eigenvalue weighted by Crippen LogP contribution is 2.15. The fourth-order valence-electron chi connectivity index (χ4n) is 1.66. The van der Waals surface area contributed by atoms with Crippen LogP contribution in [0.2, 0.25) is 0 Å². The number of nitrogens with zero attached hydrogens (tertiary/aromatic N) is 2. The van der Waals surface area contributed by atoms with Gasteiger partial charge in [-0.15, -0.1) is 0 Å². The lowest BCUT2D eigenvalue weighted by Crippen LogP contribution is -2.40. The quantitative estimate of drug-likeness (QED) is 0.411. The molecule has 2 unspecified atom stereocenters. The van der Waals surface area contributed by atoms with Crippen LogP contribution in [0, 0.1) is 0 Å². The fraction of sp³-hybridized carbons (Fsp3) is 0.800. The molecule has 80 valence electrons. The van der Waals surface area contributed by atoms with Gasteiger partial charge in [0.25, 0.3) is 0 Å². The average Bonchev–Trinajstić information content (AvgIpc) is 2.65. The van der Waals surface area contributed by atoms with Gasteiger partial charge in [0.05, 0.1) is 6.04 Å². The first-order valence-electron chi connectivity index (χ1n) is 5.23. The molecule has 1 aliphatic heterocycles. The van der Waals surface area contributed by atoms with Gasteiger partial charge in [-0.1, -0.05) is 6.92 Å². The Labute approximate surface area is 85.2 Å². The first-order valence-corrected chi connectivity index (χ1v) is 5.23. The number of carbonyl (C=O) groups excluding carboxylic acids is 1. The molecule has 2 N–H and O–H groups in total. The van der Waals surface area contributed by atoms with E-state index in [4.69, 9.17) is 5.73 Å². The minimum atomic E-state index is 0.0431. The van der Waals surface area contributed by atoms with Gasteiger partial charge in [-0.05, 0) is 26.2 Å². The molecular formula is C10H19N3O. The van der Waals surface area contributed by atoms with Crippen molar-refractivity contribution in [1.29, 1.82) is 0 Å². The molecule has 14 heavy (non-hydrogen) atoms. The van der Waals surface area contributed by atoms with Crippen LogP contribution in [0.25, 0.3) is 0 Å². The molecule has 0 spiro atoms. The van der Waals surface area contributed by atoms with Crippen LogP contribution in [-0.4, -0.2) is 35.8 Å². The van der Waals surface area contributed by atoms with Gasteiger partial charge in [-0.3, -0.25) is 9.79 Å². The predicted octanol–water partition coefficient (Wildman–Crippen LogP) is 0.763. The number of carbonyl (C=O) groups is 1. The van der Waals surface area contributed by atoms with Crippen LogP contribution in [0.5, 0.6) is 0 Å². The second-order valence-electron chi connectivity index (χ2n) is 3.81. The molecule has 0 aromatic heterocycles. The largest absolute Gasteiger partial charge is 0.386 e. The Balaban J connectivity index is 2.63. The third kappa shape index (κ3) is 2.47. The number of rotatable bonds is 4. The monoisotopic (exact) mass is 197 g/mol. The van der Waals surface area contributed by atoms with Crippen LogP contribution in [0.3, 0.4) is 0 Å². The minimum absolute atomic E-state index is 0.0431. The average molecular weight is 197 g/mol. The lowest BCUT2D eigenvalue weighted by atomic mass is 10.2. The summed E-state index contributed by atoms with van der Waals surface area (Å²) in [5.41, 5.74) is 5.87. The molecule has 0 aliphatic carbocycles. The SMILES string of the molecule is CCC(C)N=C(N)C1CCCN1C=O. The van der Waals surface area contributed by atoms with Crippen LogP contribution >= 0.6 is 0 Å². The summed E-state index contributed by atoms with van der Waals surface area (Å²) in [4.78, 5) is 16.8. The standard InChI is InChI=1S/C10H19N3O/c1-3-8(2)12-10(11)9-5-4-6-13(9)7-14/h7-9H,3-6H2,1-2H3,(H2,11,12). The Hall–Kier alpha value is -1.06. The summed E-state index contributed by atoms with van der Waals surface area (Å²) < 4.78 is 0. The number of aliphatic imine (C=N–C) groups is 1. The van der Waals surface area contributed by atoms with Gasteiger partial charge in [0.15, 0.2) is 0 Å². The summed E-state index contributed by atoms with van der Waals surface area (Å²) in [7, 11) is 0. The van der Waals surface area contributed by atoms with Crippen LogP contribution in [0.4, 0.5) is 0 Å². The molecule has 1 rings (SSSR count). The van der Waals surface area contributed by atoms with E-state index >= 15 is 0 Å². The second-order valence-corrected chi connectivity index (χ2v) is 3.81. The van der Waals surface area contributed by atoms with Crippen molar-refractivity contribution in [2.75, 3.05) is 6.54 Å². The Kier molecular flexibility index (Phi) is 3.92. The van der Waals surface area contributed by atoms with Crippen LogP contribution in [0.15, 0.2) is 4.99 Å². The van der Waals surface area contributed by atoms with E-state index in [1.54, 1.807) is 4.90 Å². The van der Waals surface area contributed by atoms with E-state index in [-0.39, 0.29) is 12.1 Å². The highest BCUT2D eigenvalue weighted by molar-refractivity contribution is 5.87. The number of nitrogens with two attached hydrogens (primary N) is 1. The van der Waals surface area contributed by atoms with Gasteiger partial charge in [0.1, 0.15) is 5.84 Å². The van der Waals surface area contributed by atoms with E-state index < -0.39 is 0 Å². The summed E-state index contributed by atoms with van der Waals surface area (Å²) in [6.45, 7) is 4.92. The number of hydrogen-bond acceptors (Lipinski definition) is 2. The van der Waals surface area contributed by atoms with Gasteiger partial charge in [-0.2, -0.15) is 0 Å². The van der Waals surface area contributed by atoms with Gasteiger partial charge >= 0.3 is 0 Å². The molecule has 0 bridgehead atoms. The number of likely N-dealkylation sites (tertiary alicyclic amines) is 1. The van der Waals surface area contributed by atoms with Gasteiger partial charge < -0.3 is 10.6 Å². The van der Waals surface area contributed by atoms with Gasteiger partial charge in [0.2, 0.25) is 6.41 Å². The lowest BCUT2D eigenvalue weighted by molar-refractivity contribution is -0.117. The molecule has 1 saturated heterocycles. The molecule has 1 amide bonds. The van der Waals surface area contributed by atoms with Gasteiger partial charge in [0, 0.05) is 12.6 Å². The Morgan fingerprint density at radius 3 is 3.07 bits per heavy atom. The summed E-state index contributed by atoms with van der Waals surface area (Å²) in [6.07, 6.45) is 3.83. The second kappa shape index (κ2) is 4.98. The maximum absolute atomic E-state index is 10.7. The number of amidine groups is 1.